The first-order chi connectivity index (χ1) is 14.5. The fraction of sp³-hybridized carbons (Fsp3) is 0.348. The van der Waals surface area contributed by atoms with Gasteiger partial charge in [0.15, 0.2) is 0 Å². The van der Waals surface area contributed by atoms with Crippen LogP contribution in [0.4, 0.5) is 4.39 Å². The molecule has 3 rings (SSSR count). The first-order valence-electron chi connectivity index (χ1n) is 10.3. The number of fused-ring (bicyclic) bond motifs is 1. The van der Waals surface area contributed by atoms with Crippen molar-refractivity contribution in [1.29, 1.82) is 0 Å². The number of imidazole rings is 1. The maximum Gasteiger partial charge on any atom is 0.270 e. The summed E-state index contributed by atoms with van der Waals surface area (Å²) in [4.78, 5) is 28.8. The molecule has 2 N–H and O–H groups in total. The van der Waals surface area contributed by atoms with E-state index >= 15 is 0 Å². The van der Waals surface area contributed by atoms with Gasteiger partial charge in [0.2, 0.25) is 5.91 Å². The fourth-order valence-corrected chi connectivity index (χ4v) is 3.35. The molecule has 0 aliphatic rings. The molecule has 0 radical (unpaired) electrons. The summed E-state index contributed by atoms with van der Waals surface area (Å²) in [5.41, 5.74) is 3.02. The molecule has 1 aromatic carbocycles. The molecule has 0 unspecified atom stereocenters. The Hall–Kier alpha value is -3.22. The monoisotopic (exact) mass is 410 g/mol. The van der Waals surface area contributed by atoms with Crippen molar-refractivity contribution in [3.63, 3.8) is 0 Å². The third-order valence-electron chi connectivity index (χ3n) is 4.93. The van der Waals surface area contributed by atoms with Gasteiger partial charge in [-0.1, -0.05) is 24.6 Å². The minimum absolute atomic E-state index is 0.0162. The number of pyridine rings is 1. The van der Waals surface area contributed by atoms with Crippen molar-refractivity contribution in [2.24, 2.45) is 0 Å². The lowest BCUT2D eigenvalue weighted by Crippen LogP contribution is -2.27. The van der Waals surface area contributed by atoms with E-state index in [-0.39, 0.29) is 17.6 Å². The van der Waals surface area contributed by atoms with Crippen LogP contribution < -0.4 is 10.6 Å². The highest BCUT2D eigenvalue weighted by Gasteiger charge is 2.15. The standard InChI is InChI=1S/C23H27FN4O2/c1-17-22(28-16-6-4-7-20(28)27-17)23(30)26-14-5-2-3-8-21(29)25-15-13-18-9-11-19(24)12-10-18/h4,6-7,9-12,16H,2-3,5,8,13-15H2,1H3,(H,25,29)(H,26,30). The fourth-order valence-electron chi connectivity index (χ4n) is 3.35. The third kappa shape index (κ3) is 5.89. The van der Waals surface area contributed by atoms with Gasteiger partial charge in [-0.05, 0) is 56.0 Å². The van der Waals surface area contributed by atoms with E-state index < -0.39 is 0 Å². The lowest BCUT2D eigenvalue weighted by atomic mass is 10.1. The van der Waals surface area contributed by atoms with Crippen molar-refractivity contribution in [2.75, 3.05) is 13.1 Å². The lowest BCUT2D eigenvalue weighted by molar-refractivity contribution is -0.121. The minimum Gasteiger partial charge on any atom is -0.356 e. The van der Waals surface area contributed by atoms with E-state index in [1.165, 1.54) is 12.1 Å². The number of rotatable bonds is 10. The Morgan fingerprint density at radius 2 is 1.80 bits per heavy atom. The maximum absolute atomic E-state index is 12.9. The number of hydrogen-bond donors (Lipinski definition) is 2. The topological polar surface area (TPSA) is 75.5 Å². The number of aryl methyl sites for hydroxylation is 1. The summed E-state index contributed by atoms with van der Waals surface area (Å²) >= 11 is 0. The highest BCUT2D eigenvalue weighted by molar-refractivity contribution is 5.94. The molecule has 0 spiro atoms. The van der Waals surface area contributed by atoms with Crippen LogP contribution in [0.5, 0.6) is 0 Å². The summed E-state index contributed by atoms with van der Waals surface area (Å²) in [7, 11) is 0. The maximum atomic E-state index is 12.9. The van der Waals surface area contributed by atoms with Crippen molar-refractivity contribution in [1.82, 2.24) is 20.0 Å². The molecular weight excluding hydrogens is 383 g/mol. The molecule has 0 atom stereocenters. The first kappa shape index (κ1) is 21.5. The van der Waals surface area contributed by atoms with Gasteiger partial charge in [-0.3, -0.25) is 14.0 Å². The molecule has 0 aliphatic carbocycles. The molecule has 2 aromatic heterocycles. The van der Waals surface area contributed by atoms with Crippen LogP contribution in [0.25, 0.3) is 5.65 Å². The van der Waals surface area contributed by atoms with Crippen molar-refractivity contribution in [3.8, 4) is 0 Å². The Labute approximate surface area is 175 Å². The molecule has 158 valence electrons. The minimum atomic E-state index is -0.257. The number of nitrogens with zero attached hydrogens (tertiary/aromatic N) is 2. The third-order valence-corrected chi connectivity index (χ3v) is 4.93. The Morgan fingerprint density at radius 1 is 1.00 bits per heavy atom. The van der Waals surface area contributed by atoms with Gasteiger partial charge in [-0.15, -0.1) is 0 Å². The summed E-state index contributed by atoms with van der Waals surface area (Å²) in [5, 5.41) is 5.82. The number of hydrogen-bond acceptors (Lipinski definition) is 3. The zero-order chi connectivity index (χ0) is 21.3. The van der Waals surface area contributed by atoms with Gasteiger partial charge < -0.3 is 10.6 Å². The van der Waals surface area contributed by atoms with Crippen molar-refractivity contribution in [3.05, 3.63) is 71.4 Å². The average molecular weight is 410 g/mol. The number of nitrogens with one attached hydrogen (secondary N) is 2. The van der Waals surface area contributed by atoms with Crippen LogP contribution in [0, 0.1) is 12.7 Å². The van der Waals surface area contributed by atoms with Crippen LogP contribution >= 0.6 is 0 Å². The number of unbranched alkanes of at least 4 members (excludes halogenated alkanes) is 2. The number of halogens is 1. The molecule has 0 bridgehead atoms. The number of benzene rings is 1. The molecule has 0 saturated heterocycles. The summed E-state index contributed by atoms with van der Waals surface area (Å²) < 4.78 is 14.7. The van der Waals surface area contributed by atoms with Crippen LogP contribution in [0.2, 0.25) is 0 Å². The van der Waals surface area contributed by atoms with E-state index in [2.05, 4.69) is 15.6 Å². The number of carbonyl (C=O) groups is 2. The van der Waals surface area contributed by atoms with Gasteiger partial charge in [0.1, 0.15) is 17.2 Å². The first-order valence-corrected chi connectivity index (χ1v) is 10.3. The predicted molar refractivity (Wildman–Crippen MR) is 114 cm³/mol. The average Bonchev–Trinajstić information content (AvgIpc) is 3.07. The normalized spacial score (nSPS) is 10.9. The quantitative estimate of drug-likeness (QED) is 0.503. The van der Waals surface area contributed by atoms with Crippen LogP contribution in [0.15, 0.2) is 48.7 Å². The smallest absolute Gasteiger partial charge is 0.270 e. The van der Waals surface area contributed by atoms with Crippen LogP contribution in [-0.4, -0.2) is 34.3 Å². The summed E-state index contributed by atoms with van der Waals surface area (Å²) in [6.45, 7) is 2.93. The molecule has 30 heavy (non-hydrogen) atoms. The molecule has 0 saturated carbocycles. The second kappa shape index (κ2) is 10.5. The van der Waals surface area contributed by atoms with E-state index in [0.717, 1.165) is 30.5 Å². The van der Waals surface area contributed by atoms with Gasteiger partial charge >= 0.3 is 0 Å². The second-order valence-electron chi connectivity index (χ2n) is 7.27. The van der Waals surface area contributed by atoms with Crippen molar-refractivity contribution >= 4 is 17.5 Å². The molecule has 0 fully saturated rings. The second-order valence-corrected chi connectivity index (χ2v) is 7.27. The Kier molecular flexibility index (Phi) is 7.54. The van der Waals surface area contributed by atoms with E-state index in [4.69, 9.17) is 0 Å². The Balaban J connectivity index is 1.29. The highest BCUT2D eigenvalue weighted by Crippen LogP contribution is 2.11. The van der Waals surface area contributed by atoms with Crippen LogP contribution in [0.3, 0.4) is 0 Å². The van der Waals surface area contributed by atoms with E-state index in [0.29, 0.717) is 37.3 Å². The molecule has 2 heterocycles. The largest absolute Gasteiger partial charge is 0.356 e. The molecule has 7 heteroatoms. The highest BCUT2D eigenvalue weighted by atomic mass is 19.1. The summed E-state index contributed by atoms with van der Waals surface area (Å²) in [5.74, 6) is -0.375. The molecule has 6 nitrogen and oxygen atoms in total. The zero-order valence-electron chi connectivity index (χ0n) is 17.2. The Bertz CT molecular complexity index is 998. The van der Waals surface area contributed by atoms with Crippen molar-refractivity contribution in [2.45, 2.75) is 39.0 Å². The summed E-state index contributed by atoms with van der Waals surface area (Å²) in [6.07, 6.45) is 5.42. The number of carbonyl (C=O) groups excluding carboxylic acids is 2. The van der Waals surface area contributed by atoms with Crippen molar-refractivity contribution < 1.29 is 14.0 Å². The molecule has 3 aromatic rings. The molecule has 0 aliphatic heterocycles. The zero-order valence-corrected chi connectivity index (χ0v) is 17.2. The van der Waals surface area contributed by atoms with Gasteiger partial charge in [0, 0.05) is 25.7 Å². The van der Waals surface area contributed by atoms with E-state index in [1.54, 1.807) is 16.5 Å². The number of amides is 2. The van der Waals surface area contributed by atoms with E-state index in [1.807, 2.05) is 31.3 Å². The lowest BCUT2D eigenvalue weighted by Gasteiger charge is -2.07. The van der Waals surface area contributed by atoms with E-state index in [9.17, 15) is 14.0 Å². The summed E-state index contributed by atoms with van der Waals surface area (Å²) in [6, 6.07) is 11.9. The number of aromatic nitrogens is 2. The SMILES string of the molecule is Cc1nc2ccccn2c1C(=O)NCCCCCC(=O)NCCc1ccc(F)cc1. The van der Waals surface area contributed by atoms with Gasteiger partial charge in [0.25, 0.3) is 5.91 Å². The van der Waals surface area contributed by atoms with Gasteiger partial charge in [-0.2, -0.15) is 0 Å². The van der Waals surface area contributed by atoms with Gasteiger partial charge in [-0.25, -0.2) is 9.37 Å². The predicted octanol–water partition coefficient (Wildman–Crippen LogP) is 3.43. The molecular formula is C23H27FN4O2. The van der Waals surface area contributed by atoms with Crippen LogP contribution in [-0.2, 0) is 11.2 Å². The van der Waals surface area contributed by atoms with Gasteiger partial charge in [0.05, 0.1) is 5.69 Å². The molecule has 2 amide bonds. The van der Waals surface area contributed by atoms with Crippen LogP contribution in [0.1, 0.15) is 47.4 Å². The Morgan fingerprint density at radius 3 is 2.60 bits per heavy atom.